The number of aromatic nitrogens is 1. The van der Waals surface area contributed by atoms with Crippen LogP contribution in [0.3, 0.4) is 0 Å². The van der Waals surface area contributed by atoms with Crippen LogP contribution in [0, 0.1) is 11.3 Å². The van der Waals surface area contributed by atoms with Gasteiger partial charge in [0.05, 0.1) is 22.7 Å². The van der Waals surface area contributed by atoms with E-state index in [-0.39, 0.29) is 0 Å². The second-order valence-corrected chi connectivity index (χ2v) is 11.3. The van der Waals surface area contributed by atoms with E-state index >= 15 is 0 Å². The number of benzene rings is 2. The highest BCUT2D eigenvalue weighted by molar-refractivity contribution is 7.98. The normalized spacial score (nSPS) is 11.0. The number of nitrogens with zero attached hydrogens (tertiary/aromatic N) is 2. The van der Waals surface area contributed by atoms with Crippen LogP contribution in [-0.2, 0) is 4.79 Å². The van der Waals surface area contributed by atoms with Crippen molar-refractivity contribution in [2.45, 2.75) is 24.2 Å². The first-order valence-corrected chi connectivity index (χ1v) is 14.3. The highest BCUT2D eigenvalue weighted by atomic mass is 35.5. The van der Waals surface area contributed by atoms with E-state index in [4.69, 9.17) is 16.3 Å². The summed E-state index contributed by atoms with van der Waals surface area (Å²) < 4.78 is 8.29. The maximum absolute atomic E-state index is 10.6. The number of thiophene rings is 2. The van der Waals surface area contributed by atoms with Crippen LogP contribution in [0.25, 0.3) is 32.6 Å². The van der Waals surface area contributed by atoms with Crippen LogP contribution in [0.2, 0.25) is 5.02 Å². The van der Waals surface area contributed by atoms with E-state index in [1.807, 2.05) is 47.8 Å². The Morgan fingerprint density at radius 2 is 1.92 bits per heavy atom. The molecule has 0 aliphatic carbocycles. The number of nitriles is 1. The summed E-state index contributed by atoms with van der Waals surface area (Å²) in [5.41, 5.74) is 4.05. The molecule has 0 aliphatic rings. The van der Waals surface area contributed by atoms with Crippen molar-refractivity contribution in [3.05, 3.63) is 81.3 Å². The standard InChI is InChI=1S/C28H21ClN2O2S3/c29-19-6-9-21(10-7-19)36-31-24-17-20(33-14-3-1-2-13-32)8-11-22(24)27(23-12-16-35-26(23)18-30)28(31)25-5-4-15-34-25/h4-13,15-17H,1-3,14H2. The molecule has 180 valence electrons. The average molecular weight is 549 g/mol. The van der Waals surface area contributed by atoms with Gasteiger partial charge in [0.15, 0.2) is 0 Å². The zero-order valence-corrected chi connectivity index (χ0v) is 22.4. The Hall–Kier alpha value is -3.02. The molecule has 8 heteroatoms. The molecule has 0 aliphatic heterocycles. The van der Waals surface area contributed by atoms with Gasteiger partial charge in [0.2, 0.25) is 0 Å². The molecule has 5 aromatic rings. The Morgan fingerprint density at radius 3 is 2.67 bits per heavy atom. The molecule has 0 bridgehead atoms. The largest absolute Gasteiger partial charge is 0.494 e. The maximum Gasteiger partial charge on any atom is 0.121 e. The molecule has 2 aromatic carbocycles. The summed E-state index contributed by atoms with van der Waals surface area (Å²) in [6, 6.07) is 22.5. The molecule has 0 amide bonds. The lowest BCUT2D eigenvalue weighted by molar-refractivity contribution is -0.107. The van der Waals surface area contributed by atoms with Crippen molar-refractivity contribution in [3.8, 4) is 33.5 Å². The first kappa shape index (κ1) is 24.7. The summed E-state index contributed by atoms with van der Waals surface area (Å²) in [5, 5.41) is 15.6. The van der Waals surface area contributed by atoms with E-state index in [1.165, 1.54) is 11.3 Å². The van der Waals surface area contributed by atoms with Gasteiger partial charge < -0.3 is 9.53 Å². The van der Waals surface area contributed by atoms with Crippen LogP contribution >= 0.6 is 46.2 Å². The van der Waals surface area contributed by atoms with Gasteiger partial charge in [-0.1, -0.05) is 17.7 Å². The van der Waals surface area contributed by atoms with Crippen LogP contribution < -0.4 is 4.74 Å². The SMILES string of the molecule is N#Cc1sccc1-c1c(-c2cccs2)n(Sc2ccc(Cl)cc2)c2cc(OCCCCC=O)ccc12. The number of unbranched alkanes of at least 4 members (excludes halogenated alkanes) is 2. The molecule has 3 aromatic heterocycles. The van der Waals surface area contributed by atoms with Gasteiger partial charge in [-0.15, -0.1) is 22.7 Å². The molecule has 4 nitrogen and oxygen atoms in total. The average Bonchev–Trinajstić information content (AvgIpc) is 3.64. The lowest BCUT2D eigenvalue weighted by Crippen LogP contribution is -1.97. The van der Waals surface area contributed by atoms with Gasteiger partial charge in [0.25, 0.3) is 0 Å². The van der Waals surface area contributed by atoms with E-state index in [0.717, 1.165) is 62.4 Å². The fourth-order valence-corrected chi connectivity index (χ4v) is 6.69. The monoisotopic (exact) mass is 548 g/mol. The van der Waals surface area contributed by atoms with Crippen molar-refractivity contribution in [1.29, 1.82) is 5.26 Å². The predicted molar refractivity (Wildman–Crippen MR) is 151 cm³/mol. The molecule has 0 atom stereocenters. The smallest absolute Gasteiger partial charge is 0.121 e. The van der Waals surface area contributed by atoms with Gasteiger partial charge in [-0.25, -0.2) is 0 Å². The van der Waals surface area contributed by atoms with E-state index in [2.05, 4.69) is 33.6 Å². The Labute approximate surface area is 226 Å². The third-order valence-electron chi connectivity index (χ3n) is 5.68. The summed E-state index contributed by atoms with van der Waals surface area (Å²) in [5.74, 6) is 0.777. The van der Waals surface area contributed by atoms with Crippen LogP contribution in [0.4, 0.5) is 0 Å². The summed E-state index contributed by atoms with van der Waals surface area (Å²) in [4.78, 5) is 13.5. The summed E-state index contributed by atoms with van der Waals surface area (Å²) >= 11 is 10.9. The predicted octanol–water partition coefficient (Wildman–Crippen LogP) is 8.93. The Morgan fingerprint density at radius 1 is 1.06 bits per heavy atom. The number of hydrogen-bond donors (Lipinski definition) is 0. The number of rotatable bonds is 10. The summed E-state index contributed by atoms with van der Waals surface area (Å²) in [7, 11) is 0. The third kappa shape index (κ3) is 5.09. The first-order valence-electron chi connectivity index (χ1n) is 11.4. The molecule has 5 rings (SSSR count). The van der Waals surface area contributed by atoms with Crippen molar-refractivity contribution in [3.63, 3.8) is 0 Å². The number of aldehydes is 1. The molecule has 36 heavy (non-hydrogen) atoms. The second-order valence-electron chi connectivity index (χ2n) is 8.01. The highest BCUT2D eigenvalue weighted by Crippen LogP contribution is 2.48. The molecule has 0 fully saturated rings. The van der Waals surface area contributed by atoms with Crippen LogP contribution in [0.5, 0.6) is 5.75 Å². The van der Waals surface area contributed by atoms with Crippen LogP contribution in [-0.4, -0.2) is 16.9 Å². The van der Waals surface area contributed by atoms with Crippen molar-refractivity contribution in [1.82, 2.24) is 3.97 Å². The number of carbonyl (C=O) groups excluding carboxylic acids is 1. The maximum atomic E-state index is 10.6. The summed E-state index contributed by atoms with van der Waals surface area (Å²) in [6.07, 6.45) is 3.14. The molecular formula is C28H21ClN2O2S3. The second kappa shape index (κ2) is 11.4. The number of carbonyl (C=O) groups is 1. The van der Waals surface area contributed by atoms with Crippen molar-refractivity contribution >= 4 is 63.4 Å². The zero-order chi connectivity index (χ0) is 24.9. The van der Waals surface area contributed by atoms with Crippen molar-refractivity contribution in [2.75, 3.05) is 6.61 Å². The van der Waals surface area contributed by atoms with Crippen LogP contribution in [0.1, 0.15) is 24.1 Å². The minimum absolute atomic E-state index is 0.554. The van der Waals surface area contributed by atoms with Gasteiger partial charge >= 0.3 is 0 Å². The Kier molecular flexibility index (Phi) is 7.78. The quantitative estimate of drug-likeness (QED) is 0.129. The summed E-state index contributed by atoms with van der Waals surface area (Å²) in [6.45, 7) is 0.554. The van der Waals surface area contributed by atoms with Gasteiger partial charge in [-0.3, -0.25) is 3.97 Å². The lowest BCUT2D eigenvalue weighted by Gasteiger charge is -2.11. The molecule has 0 unspecified atom stereocenters. The van der Waals surface area contributed by atoms with Gasteiger partial charge in [-0.2, -0.15) is 5.26 Å². The molecule has 0 spiro atoms. The molecule has 0 radical (unpaired) electrons. The van der Waals surface area contributed by atoms with E-state index < -0.39 is 0 Å². The van der Waals surface area contributed by atoms with E-state index in [0.29, 0.717) is 22.9 Å². The van der Waals surface area contributed by atoms with Gasteiger partial charge in [0.1, 0.15) is 23.0 Å². The van der Waals surface area contributed by atoms with Crippen molar-refractivity contribution in [2.24, 2.45) is 0 Å². The molecule has 0 saturated carbocycles. The third-order valence-corrected chi connectivity index (χ3v) is 8.68. The number of ether oxygens (including phenoxy) is 1. The minimum atomic E-state index is 0.554. The highest BCUT2D eigenvalue weighted by Gasteiger charge is 2.24. The first-order chi connectivity index (χ1) is 17.7. The van der Waals surface area contributed by atoms with E-state index in [9.17, 15) is 10.1 Å². The zero-order valence-electron chi connectivity index (χ0n) is 19.1. The van der Waals surface area contributed by atoms with Gasteiger partial charge in [-0.05, 0) is 84.1 Å². The fraction of sp³-hybridized carbons (Fsp3) is 0.143. The number of hydrogen-bond acceptors (Lipinski definition) is 6. The molecular weight excluding hydrogens is 528 g/mol. The van der Waals surface area contributed by atoms with Crippen molar-refractivity contribution < 1.29 is 9.53 Å². The lowest BCUT2D eigenvalue weighted by atomic mass is 10.0. The molecule has 0 saturated heterocycles. The topological polar surface area (TPSA) is 55.0 Å². The number of halogens is 1. The molecule has 3 heterocycles. The Balaban J connectivity index is 1.69. The Bertz CT molecular complexity index is 1530. The molecule has 0 N–H and O–H groups in total. The van der Waals surface area contributed by atoms with E-state index in [1.54, 1.807) is 23.3 Å². The van der Waals surface area contributed by atoms with Crippen LogP contribution in [0.15, 0.2) is 76.3 Å². The fourth-order valence-electron chi connectivity index (χ4n) is 4.05. The van der Waals surface area contributed by atoms with Gasteiger partial charge in [0, 0.05) is 38.9 Å². The minimum Gasteiger partial charge on any atom is -0.494 e. The number of fused-ring (bicyclic) bond motifs is 1.